The summed E-state index contributed by atoms with van der Waals surface area (Å²) in [6.45, 7) is 9.57. The number of rotatable bonds is 80. The standard InChI is InChI=1S/C81H158O17P2/c1-7-9-11-13-15-17-19-21-22-23-24-25-26-27-28-34-38-42-46-54-60-66-80(85)97-76(69-91-78(83)63-57-51-44-40-36-33-30-29-32-35-39-43-49-55-61-73(3)4)71-95-99(87,88)93-67-75(82)68-94-100(89,90)96-72-77(70-92-79(84)64-58-52-48-47-50-56-62-74(5)6)98-81(86)65-59-53-45-41-37-31-20-18-16-14-12-10-8-2/h73-77,82H,7-72H2,1-6H3,(H,87,88)(H,89,90)/t75-,76-,77-/m1/s1. The number of esters is 4. The molecule has 594 valence electrons. The molecular weight excluding hydrogens is 1310 g/mol. The zero-order valence-corrected chi connectivity index (χ0v) is 67.3. The van der Waals surface area contributed by atoms with Gasteiger partial charge in [0.2, 0.25) is 0 Å². The summed E-state index contributed by atoms with van der Waals surface area (Å²) < 4.78 is 68.7. The molecule has 0 saturated carbocycles. The second-order valence-corrected chi connectivity index (χ2v) is 33.0. The van der Waals surface area contributed by atoms with Crippen LogP contribution in [0.15, 0.2) is 0 Å². The number of aliphatic hydroxyl groups excluding tert-OH is 1. The highest BCUT2D eigenvalue weighted by atomic mass is 31.2. The lowest BCUT2D eigenvalue weighted by atomic mass is 10.0. The van der Waals surface area contributed by atoms with E-state index in [1.165, 1.54) is 238 Å². The molecule has 0 aromatic heterocycles. The molecule has 0 aliphatic heterocycles. The highest BCUT2D eigenvalue weighted by Crippen LogP contribution is 2.45. The molecule has 5 atom stereocenters. The van der Waals surface area contributed by atoms with Crippen molar-refractivity contribution in [1.29, 1.82) is 0 Å². The lowest BCUT2D eigenvalue weighted by Gasteiger charge is -2.21. The minimum Gasteiger partial charge on any atom is -0.462 e. The van der Waals surface area contributed by atoms with Gasteiger partial charge in [-0.15, -0.1) is 0 Å². The lowest BCUT2D eigenvalue weighted by molar-refractivity contribution is -0.161. The number of carbonyl (C=O) groups excluding carboxylic acids is 4. The molecule has 0 rings (SSSR count). The number of phosphoric acid groups is 2. The van der Waals surface area contributed by atoms with Gasteiger partial charge < -0.3 is 33.8 Å². The summed E-state index contributed by atoms with van der Waals surface area (Å²) in [4.78, 5) is 73.0. The van der Waals surface area contributed by atoms with Crippen molar-refractivity contribution in [2.75, 3.05) is 39.6 Å². The molecule has 0 aromatic rings. The van der Waals surface area contributed by atoms with Crippen LogP contribution in [-0.4, -0.2) is 96.7 Å². The molecule has 0 radical (unpaired) electrons. The summed E-state index contributed by atoms with van der Waals surface area (Å²) in [5, 5.41) is 10.6. The van der Waals surface area contributed by atoms with Crippen LogP contribution in [0.5, 0.6) is 0 Å². The third kappa shape index (κ3) is 74.3. The molecule has 0 bridgehead atoms. The third-order valence-corrected chi connectivity index (χ3v) is 20.9. The zero-order valence-electron chi connectivity index (χ0n) is 65.5. The Morgan fingerprint density at radius 2 is 0.460 bits per heavy atom. The van der Waals surface area contributed by atoms with Crippen LogP contribution in [0.4, 0.5) is 0 Å². The molecule has 0 aliphatic rings. The van der Waals surface area contributed by atoms with E-state index in [1.807, 2.05) is 0 Å². The molecule has 17 nitrogen and oxygen atoms in total. The number of unbranched alkanes of at least 4 members (excludes halogenated alkanes) is 50. The third-order valence-electron chi connectivity index (χ3n) is 19.0. The number of ether oxygens (including phenoxy) is 4. The summed E-state index contributed by atoms with van der Waals surface area (Å²) in [7, 11) is -9.92. The first-order valence-corrected chi connectivity index (χ1v) is 45.0. The monoisotopic (exact) mass is 1470 g/mol. The van der Waals surface area contributed by atoms with Gasteiger partial charge in [0.05, 0.1) is 26.4 Å². The smallest absolute Gasteiger partial charge is 0.462 e. The fraction of sp³-hybridized carbons (Fsp3) is 0.951. The first kappa shape index (κ1) is 98.1. The molecule has 100 heavy (non-hydrogen) atoms. The largest absolute Gasteiger partial charge is 0.472 e. The van der Waals surface area contributed by atoms with Crippen molar-refractivity contribution in [2.45, 2.75) is 445 Å². The van der Waals surface area contributed by atoms with E-state index in [2.05, 4.69) is 41.5 Å². The fourth-order valence-corrected chi connectivity index (χ4v) is 14.1. The van der Waals surface area contributed by atoms with Crippen molar-refractivity contribution in [3.8, 4) is 0 Å². The Labute approximate surface area is 613 Å². The summed E-state index contributed by atoms with van der Waals surface area (Å²) in [6.07, 6.45) is 62.7. The van der Waals surface area contributed by atoms with Crippen molar-refractivity contribution in [2.24, 2.45) is 11.8 Å². The Morgan fingerprint density at radius 3 is 0.680 bits per heavy atom. The van der Waals surface area contributed by atoms with Gasteiger partial charge in [-0.25, -0.2) is 9.13 Å². The van der Waals surface area contributed by atoms with E-state index in [-0.39, 0.29) is 25.7 Å². The predicted octanol–water partition coefficient (Wildman–Crippen LogP) is 24.3. The van der Waals surface area contributed by atoms with Gasteiger partial charge in [0.1, 0.15) is 19.3 Å². The summed E-state index contributed by atoms with van der Waals surface area (Å²) >= 11 is 0. The summed E-state index contributed by atoms with van der Waals surface area (Å²) in [5.41, 5.74) is 0. The predicted molar refractivity (Wildman–Crippen MR) is 409 cm³/mol. The normalized spacial score (nSPS) is 13.9. The van der Waals surface area contributed by atoms with Gasteiger partial charge in [-0.1, -0.05) is 375 Å². The quantitative estimate of drug-likeness (QED) is 0.0222. The van der Waals surface area contributed by atoms with Crippen LogP contribution in [0, 0.1) is 11.8 Å². The van der Waals surface area contributed by atoms with E-state index in [0.717, 1.165) is 102 Å². The molecule has 19 heteroatoms. The van der Waals surface area contributed by atoms with Crippen LogP contribution in [0.1, 0.15) is 427 Å². The van der Waals surface area contributed by atoms with Crippen molar-refractivity contribution in [1.82, 2.24) is 0 Å². The SMILES string of the molecule is CCCCCCCCCCCCCCCCCCCCCCCC(=O)O[C@H](COC(=O)CCCCCCCCCCCCCCCCC(C)C)COP(=O)(O)OC[C@@H](O)COP(=O)(O)OC[C@@H](COC(=O)CCCCCCCCC(C)C)OC(=O)CCCCCCCCCCCCCCC. The first-order chi connectivity index (χ1) is 48.4. The summed E-state index contributed by atoms with van der Waals surface area (Å²) in [6, 6.07) is 0. The maximum absolute atomic E-state index is 13.1. The van der Waals surface area contributed by atoms with Crippen LogP contribution in [0.2, 0.25) is 0 Å². The van der Waals surface area contributed by atoms with Gasteiger partial charge in [-0.05, 0) is 37.5 Å². The fourth-order valence-electron chi connectivity index (χ4n) is 12.5. The van der Waals surface area contributed by atoms with E-state index in [9.17, 15) is 43.2 Å². The Bertz CT molecular complexity index is 1920. The number of carbonyl (C=O) groups is 4. The lowest BCUT2D eigenvalue weighted by Crippen LogP contribution is -2.30. The van der Waals surface area contributed by atoms with Crippen molar-refractivity contribution >= 4 is 39.5 Å². The maximum Gasteiger partial charge on any atom is 0.472 e. The Kier molecular flexibility index (Phi) is 71.2. The number of phosphoric ester groups is 2. The second kappa shape index (κ2) is 72.6. The molecule has 0 amide bonds. The molecule has 0 aliphatic carbocycles. The van der Waals surface area contributed by atoms with Crippen molar-refractivity contribution < 1.29 is 80.2 Å². The van der Waals surface area contributed by atoms with E-state index < -0.39 is 97.5 Å². The Balaban J connectivity index is 5.20. The Hall–Kier alpha value is -1.94. The van der Waals surface area contributed by atoms with Crippen LogP contribution in [0.3, 0.4) is 0 Å². The summed E-state index contributed by atoms with van der Waals surface area (Å²) in [5.74, 6) is -0.632. The van der Waals surface area contributed by atoms with Crippen molar-refractivity contribution in [3.05, 3.63) is 0 Å². The van der Waals surface area contributed by atoms with E-state index in [0.29, 0.717) is 31.6 Å². The van der Waals surface area contributed by atoms with Crippen molar-refractivity contribution in [3.63, 3.8) is 0 Å². The molecule has 0 fully saturated rings. The number of hydrogen-bond donors (Lipinski definition) is 3. The van der Waals surface area contributed by atoms with Crippen LogP contribution in [0.25, 0.3) is 0 Å². The van der Waals surface area contributed by atoms with Crippen LogP contribution >= 0.6 is 15.6 Å². The average molecular weight is 1470 g/mol. The van der Waals surface area contributed by atoms with Gasteiger partial charge in [-0.3, -0.25) is 37.3 Å². The molecule has 2 unspecified atom stereocenters. The average Bonchev–Trinajstić information content (AvgIpc) is 0.914. The highest BCUT2D eigenvalue weighted by molar-refractivity contribution is 7.47. The molecule has 3 N–H and O–H groups in total. The van der Waals surface area contributed by atoms with E-state index >= 15 is 0 Å². The molecule has 0 spiro atoms. The molecular formula is C81H158O17P2. The van der Waals surface area contributed by atoms with Gasteiger partial charge in [0, 0.05) is 25.7 Å². The Morgan fingerprint density at radius 1 is 0.270 bits per heavy atom. The highest BCUT2D eigenvalue weighted by Gasteiger charge is 2.30. The number of aliphatic hydroxyl groups is 1. The van der Waals surface area contributed by atoms with Crippen LogP contribution in [-0.2, 0) is 65.4 Å². The van der Waals surface area contributed by atoms with Gasteiger partial charge in [0.15, 0.2) is 12.2 Å². The minimum atomic E-state index is -4.96. The zero-order chi connectivity index (χ0) is 73.5. The maximum atomic E-state index is 13.1. The number of hydrogen-bond acceptors (Lipinski definition) is 15. The van der Waals surface area contributed by atoms with Crippen LogP contribution < -0.4 is 0 Å². The second-order valence-electron chi connectivity index (χ2n) is 30.1. The van der Waals surface area contributed by atoms with E-state index in [1.54, 1.807) is 0 Å². The van der Waals surface area contributed by atoms with Gasteiger partial charge in [0.25, 0.3) is 0 Å². The van der Waals surface area contributed by atoms with E-state index in [4.69, 9.17) is 37.0 Å². The topological polar surface area (TPSA) is 237 Å². The van der Waals surface area contributed by atoms with Gasteiger partial charge in [-0.2, -0.15) is 0 Å². The molecule has 0 aromatic carbocycles. The first-order valence-electron chi connectivity index (χ1n) is 42.0. The molecule has 0 heterocycles. The van der Waals surface area contributed by atoms with Gasteiger partial charge >= 0.3 is 39.5 Å². The minimum absolute atomic E-state index is 0.107. The molecule has 0 saturated heterocycles.